The molecule has 1 atom stereocenters. The van der Waals surface area contributed by atoms with Crippen LogP contribution in [0.3, 0.4) is 0 Å². The van der Waals surface area contributed by atoms with Crippen molar-refractivity contribution in [3.8, 4) is 0 Å². The summed E-state index contributed by atoms with van der Waals surface area (Å²) in [6.07, 6.45) is 2.20. The number of aromatic nitrogens is 2. The van der Waals surface area contributed by atoms with Crippen LogP contribution in [0.5, 0.6) is 0 Å². The van der Waals surface area contributed by atoms with Gasteiger partial charge in [0, 0.05) is 39.4 Å². The molecule has 2 heterocycles. The normalized spacial score (nSPS) is 17.9. The molecule has 0 spiro atoms. The van der Waals surface area contributed by atoms with Crippen LogP contribution in [0.1, 0.15) is 16.1 Å². The van der Waals surface area contributed by atoms with Crippen LogP contribution >= 0.6 is 0 Å². The van der Waals surface area contributed by atoms with Crippen LogP contribution in [0.2, 0.25) is 0 Å². The fourth-order valence-corrected chi connectivity index (χ4v) is 3.22. The SMILES string of the molecule is CNC(=O)C1CN(C(=O)c2c[nH]c(=O)[nH]2)CCN1CCc1ccccc1. The van der Waals surface area contributed by atoms with Gasteiger partial charge in [0.2, 0.25) is 5.91 Å². The maximum absolute atomic E-state index is 12.5. The number of hydrogen-bond acceptors (Lipinski definition) is 4. The number of nitrogens with one attached hydrogen (secondary N) is 3. The van der Waals surface area contributed by atoms with E-state index in [1.807, 2.05) is 18.2 Å². The zero-order valence-electron chi connectivity index (χ0n) is 14.7. The Balaban J connectivity index is 1.68. The van der Waals surface area contributed by atoms with Gasteiger partial charge in [0.1, 0.15) is 11.7 Å². The van der Waals surface area contributed by atoms with Crippen LogP contribution < -0.4 is 11.0 Å². The van der Waals surface area contributed by atoms with Crippen molar-refractivity contribution < 1.29 is 9.59 Å². The van der Waals surface area contributed by atoms with Crippen molar-refractivity contribution in [3.05, 3.63) is 58.3 Å². The number of imidazole rings is 1. The standard InChI is InChI=1S/C18H23N5O3/c1-19-16(24)15-12-23(17(25)14-11-20-18(26)21-14)10-9-22(15)8-7-13-5-3-2-4-6-13/h2-6,11,15H,7-10,12H2,1H3,(H,19,24)(H2,20,21,26). The first-order chi connectivity index (χ1) is 12.6. The predicted octanol–water partition coefficient (Wildman–Crippen LogP) is -0.182. The highest BCUT2D eigenvalue weighted by molar-refractivity contribution is 5.93. The van der Waals surface area contributed by atoms with E-state index in [9.17, 15) is 14.4 Å². The molecule has 1 saturated heterocycles. The van der Waals surface area contributed by atoms with Crippen molar-refractivity contribution in [2.45, 2.75) is 12.5 Å². The molecule has 1 aromatic heterocycles. The molecule has 138 valence electrons. The molecular formula is C18H23N5O3. The Morgan fingerprint density at radius 3 is 2.65 bits per heavy atom. The van der Waals surface area contributed by atoms with Gasteiger partial charge in [0.05, 0.1) is 0 Å². The fraction of sp³-hybridized carbons (Fsp3) is 0.389. The quantitative estimate of drug-likeness (QED) is 0.691. The highest BCUT2D eigenvalue weighted by atomic mass is 16.2. The molecule has 8 heteroatoms. The van der Waals surface area contributed by atoms with Gasteiger partial charge < -0.3 is 20.2 Å². The molecule has 0 saturated carbocycles. The van der Waals surface area contributed by atoms with Crippen molar-refractivity contribution in [2.75, 3.05) is 33.2 Å². The lowest BCUT2D eigenvalue weighted by Crippen LogP contribution is -2.60. The highest BCUT2D eigenvalue weighted by Gasteiger charge is 2.34. The monoisotopic (exact) mass is 357 g/mol. The summed E-state index contributed by atoms with van der Waals surface area (Å²) < 4.78 is 0. The third-order valence-corrected chi connectivity index (χ3v) is 4.68. The topological polar surface area (TPSA) is 101 Å². The van der Waals surface area contributed by atoms with E-state index in [2.05, 4.69) is 32.3 Å². The molecule has 2 aromatic rings. The van der Waals surface area contributed by atoms with E-state index in [0.717, 1.165) is 13.0 Å². The van der Waals surface area contributed by atoms with Crippen LogP contribution in [0.4, 0.5) is 0 Å². The number of likely N-dealkylation sites (N-methyl/N-ethyl adjacent to an activating group) is 1. The maximum atomic E-state index is 12.5. The minimum absolute atomic E-state index is 0.113. The largest absolute Gasteiger partial charge is 0.358 e. The maximum Gasteiger partial charge on any atom is 0.323 e. The number of piperazine rings is 1. The Bertz CT molecular complexity index is 813. The van der Waals surface area contributed by atoms with Gasteiger partial charge in [-0.2, -0.15) is 0 Å². The van der Waals surface area contributed by atoms with E-state index in [1.165, 1.54) is 11.8 Å². The average molecular weight is 357 g/mol. The molecule has 0 aliphatic carbocycles. The third kappa shape index (κ3) is 4.02. The average Bonchev–Trinajstić information content (AvgIpc) is 3.12. The smallest absolute Gasteiger partial charge is 0.323 e. The number of hydrogen-bond donors (Lipinski definition) is 3. The Labute approximate surface area is 151 Å². The second-order valence-electron chi connectivity index (χ2n) is 6.31. The number of carbonyl (C=O) groups excluding carboxylic acids is 2. The first-order valence-corrected chi connectivity index (χ1v) is 8.65. The summed E-state index contributed by atoms with van der Waals surface area (Å²) in [5.74, 6) is -0.391. The fourth-order valence-electron chi connectivity index (χ4n) is 3.22. The molecule has 1 aromatic carbocycles. The lowest BCUT2D eigenvalue weighted by molar-refractivity contribution is -0.127. The lowest BCUT2D eigenvalue weighted by atomic mass is 10.1. The van der Waals surface area contributed by atoms with Crippen LogP contribution in [0, 0.1) is 0 Å². The number of amides is 2. The van der Waals surface area contributed by atoms with Gasteiger partial charge >= 0.3 is 5.69 Å². The van der Waals surface area contributed by atoms with Gasteiger partial charge in [-0.05, 0) is 12.0 Å². The molecule has 1 unspecified atom stereocenters. The minimum Gasteiger partial charge on any atom is -0.358 e. The number of benzene rings is 1. The van der Waals surface area contributed by atoms with Crippen LogP contribution in [0.25, 0.3) is 0 Å². The zero-order chi connectivity index (χ0) is 18.5. The summed E-state index contributed by atoms with van der Waals surface area (Å²) in [5.41, 5.74) is 1.01. The number of nitrogens with zero attached hydrogens (tertiary/aromatic N) is 2. The summed E-state index contributed by atoms with van der Waals surface area (Å²) in [7, 11) is 1.60. The summed E-state index contributed by atoms with van der Waals surface area (Å²) in [6, 6.07) is 9.70. The number of H-pyrrole nitrogens is 2. The second kappa shape index (κ2) is 8.01. The van der Waals surface area contributed by atoms with E-state index in [4.69, 9.17) is 0 Å². The summed E-state index contributed by atoms with van der Waals surface area (Å²) in [4.78, 5) is 44.7. The molecule has 3 rings (SSSR count). The van der Waals surface area contributed by atoms with Crippen LogP contribution in [0.15, 0.2) is 41.3 Å². The van der Waals surface area contributed by atoms with Gasteiger partial charge in [0.15, 0.2) is 0 Å². The summed E-state index contributed by atoms with van der Waals surface area (Å²) in [6.45, 7) is 2.14. The third-order valence-electron chi connectivity index (χ3n) is 4.68. The Morgan fingerprint density at radius 2 is 2.00 bits per heavy atom. The van der Waals surface area contributed by atoms with Crippen molar-refractivity contribution >= 4 is 11.8 Å². The van der Waals surface area contributed by atoms with E-state index >= 15 is 0 Å². The number of aromatic amines is 2. The Hall–Kier alpha value is -2.87. The van der Waals surface area contributed by atoms with Crippen molar-refractivity contribution in [1.29, 1.82) is 0 Å². The van der Waals surface area contributed by atoms with Gasteiger partial charge in [-0.3, -0.25) is 14.5 Å². The molecular weight excluding hydrogens is 334 g/mol. The van der Waals surface area contributed by atoms with E-state index in [0.29, 0.717) is 19.6 Å². The van der Waals surface area contributed by atoms with Crippen molar-refractivity contribution in [1.82, 2.24) is 25.1 Å². The molecule has 8 nitrogen and oxygen atoms in total. The molecule has 1 aliphatic heterocycles. The van der Waals surface area contributed by atoms with Gasteiger partial charge in [0.25, 0.3) is 5.91 Å². The Morgan fingerprint density at radius 1 is 1.23 bits per heavy atom. The highest BCUT2D eigenvalue weighted by Crippen LogP contribution is 2.14. The zero-order valence-corrected chi connectivity index (χ0v) is 14.7. The number of rotatable bonds is 5. The molecule has 3 N–H and O–H groups in total. The minimum atomic E-state index is -0.419. The summed E-state index contributed by atoms with van der Waals surface area (Å²) >= 11 is 0. The molecule has 26 heavy (non-hydrogen) atoms. The predicted molar refractivity (Wildman–Crippen MR) is 96.9 cm³/mol. The van der Waals surface area contributed by atoms with Gasteiger partial charge in [-0.25, -0.2) is 4.79 Å². The second-order valence-corrected chi connectivity index (χ2v) is 6.31. The first kappa shape index (κ1) is 17.9. The Kier molecular flexibility index (Phi) is 5.52. The number of carbonyl (C=O) groups is 2. The van der Waals surface area contributed by atoms with E-state index in [1.54, 1.807) is 11.9 Å². The molecule has 1 fully saturated rings. The van der Waals surface area contributed by atoms with Gasteiger partial charge in [-0.15, -0.1) is 0 Å². The van der Waals surface area contributed by atoms with Crippen molar-refractivity contribution in [2.24, 2.45) is 0 Å². The molecule has 2 amide bonds. The first-order valence-electron chi connectivity index (χ1n) is 8.65. The molecule has 0 radical (unpaired) electrons. The van der Waals surface area contributed by atoms with E-state index in [-0.39, 0.29) is 17.5 Å². The van der Waals surface area contributed by atoms with E-state index < -0.39 is 11.7 Å². The van der Waals surface area contributed by atoms with Crippen molar-refractivity contribution in [3.63, 3.8) is 0 Å². The lowest BCUT2D eigenvalue weighted by Gasteiger charge is -2.40. The molecule has 0 bridgehead atoms. The van der Waals surface area contributed by atoms with Crippen LogP contribution in [-0.2, 0) is 11.2 Å². The molecule has 1 aliphatic rings. The summed E-state index contributed by atoms with van der Waals surface area (Å²) in [5, 5.41) is 2.68. The van der Waals surface area contributed by atoms with Gasteiger partial charge in [-0.1, -0.05) is 30.3 Å². The van der Waals surface area contributed by atoms with Crippen LogP contribution in [-0.4, -0.2) is 70.9 Å².